The lowest BCUT2D eigenvalue weighted by Crippen LogP contribution is -2.45. The number of urea groups is 1. The van der Waals surface area contributed by atoms with E-state index >= 15 is 0 Å². The molecule has 4 N–H and O–H groups in total. The molecule has 1 heterocycles. The molecule has 0 aromatic heterocycles. The maximum absolute atomic E-state index is 11.7. The van der Waals surface area contributed by atoms with Crippen LogP contribution in [0.3, 0.4) is 0 Å². The summed E-state index contributed by atoms with van der Waals surface area (Å²) in [7, 11) is -3.08. The van der Waals surface area contributed by atoms with E-state index in [-0.39, 0.29) is 29.5 Å². The summed E-state index contributed by atoms with van der Waals surface area (Å²) in [5.41, 5.74) is 0.131. The molecule has 0 spiro atoms. The maximum Gasteiger partial charge on any atom is 0.315 e. The molecule has 23 heavy (non-hydrogen) atoms. The van der Waals surface area contributed by atoms with Crippen molar-refractivity contribution in [3.8, 4) is 5.75 Å². The molecule has 0 radical (unpaired) electrons. The Kier molecular flexibility index (Phi) is 5.32. The lowest BCUT2D eigenvalue weighted by molar-refractivity contribution is -0.115. The zero-order chi connectivity index (χ0) is 17.0. The lowest BCUT2D eigenvalue weighted by atomic mass is 10.3. The molecule has 1 saturated heterocycles. The second-order valence-electron chi connectivity index (χ2n) is 5.14. The summed E-state index contributed by atoms with van der Waals surface area (Å²) >= 11 is 5.75. The number of hydrogen-bond donors (Lipinski definition) is 4. The number of phenolic OH excluding ortho intramolecular Hbond substituents is 1. The highest BCUT2D eigenvalue weighted by Gasteiger charge is 2.28. The summed E-state index contributed by atoms with van der Waals surface area (Å²) in [6.07, 6.45) is 0.359. The number of anilines is 1. The zero-order valence-corrected chi connectivity index (χ0v) is 13.6. The van der Waals surface area contributed by atoms with Crippen LogP contribution in [0.4, 0.5) is 10.5 Å². The van der Waals surface area contributed by atoms with Gasteiger partial charge in [-0.15, -0.1) is 0 Å². The van der Waals surface area contributed by atoms with Crippen LogP contribution in [0.5, 0.6) is 5.75 Å². The number of carbonyl (C=O) groups excluding carboxylic acids is 2. The molecular weight excluding hydrogens is 346 g/mol. The molecule has 10 heteroatoms. The van der Waals surface area contributed by atoms with Crippen molar-refractivity contribution in [3.63, 3.8) is 0 Å². The number of rotatable bonds is 4. The van der Waals surface area contributed by atoms with Crippen LogP contribution in [0, 0.1) is 0 Å². The number of phenols is 1. The first kappa shape index (κ1) is 17.4. The zero-order valence-electron chi connectivity index (χ0n) is 12.0. The van der Waals surface area contributed by atoms with Crippen LogP contribution >= 0.6 is 11.6 Å². The number of hydrogen-bond acceptors (Lipinski definition) is 5. The number of amides is 3. The third-order valence-corrected chi connectivity index (χ3v) is 5.21. The van der Waals surface area contributed by atoms with Crippen molar-refractivity contribution in [1.82, 2.24) is 10.6 Å². The molecule has 126 valence electrons. The monoisotopic (exact) mass is 361 g/mol. The van der Waals surface area contributed by atoms with E-state index in [2.05, 4.69) is 16.0 Å². The van der Waals surface area contributed by atoms with Crippen molar-refractivity contribution in [2.45, 2.75) is 12.5 Å². The van der Waals surface area contributed by atoms with Crippen LogP contribution in [0.15, 0.2) is 18.2 Å². The summed E-state index contributed by atoms with van der Waals surface area (Å²) in [6, 6.07) is 3.10. The van der Waals surface area contributed by atoms with Gasteiger partial charge in [0.15, 0.2) is 9.84 Å². The topological polar surface area (TPSA) is 125 Å². The normalized spacial score (nSPS) is 19.1. The fraction of sp³-hybridized carbons (Fsp3) is 0.385. The molecule has 0 aliphatic carbocycles. The van der Waals surface area contributed by atoms with Gasteiger partial charge in [-0.1, -0.05) is 11.6 Å². The van der Waals surface area contributed by atoms with E-state index in [1.165, 1.54) is 18.2 Å². The molecule has 1 aromatic carbocycles. The van der Waals surface area contributed by atoms with Crippen LogP contribution in [0.2, 0.25) is 5.02 Å². The molecule has 1 aliphatic heterocycles. The Hall–Kier alpha value is -2.00. The second-order valence-corrected chi connectivity index (χ2v) is 7.80. The quantitative estimate of drug-likeness (QED) is 0.580. The van der Waals surface area contributed by atoms with Gasteiger partial charge < -0.3 is 21.1 Å². The van der Waals surface area contributed by atoms with Crippen LogP contribution in [0.1, 0.15) is 6.42 Å². The summed E-state index contributed by atoms with van der Waals surface area (Å²) in [5, 5.41) is 17.1. The van der Waals surface area contributed by atoms with E-state index in [0.717, 1.165) is 0 Å². The van der Waals surface area contributed by atoms with Gasteiger partial charge in [0.25, 0.3) is 0 Å². The standard InChI is InChI=1S/C13H16ClN3O5S/c14-8-1-2-11(18)10(5-8)17-12(19)6-15-13(20)16-9-3-4-23(21,22)7-9/h1-2,5,9,18H,3-4,6-7H2,(H,17,19)(H2,15,16,20)/t9-/m1/s1. The van der Waals surface area contributed by atoms with Gasteiger partial charge in [-0.2, -0.15) is 0 Å². The van der Waals surface area contributed by atoms with Gasteiger partial charge in [-0.05, 0) is 24.6 Å². The Morgan fingerprint density at radius 3 is 2.74 bits per heavy atom. The van der Waals surface area contributed by atoms with Crippen molar-refractivity contribution >= 4 is 39.1 Å². The largest absolute Gasteiger partial charge is 0.506 e. The molecular formula is C13H16ClN3O5S. The Morgan fingerprint density at radius 1 is 1.35 bits per heavy atom. The molecule has 0 bridgehead atoms. The number of aromatic hydroxyl groups is 1. The van der Waals surface area contributed by atoms with Gasteiger partial charge in [0, 0.05) is 11.1 Å². The molecule has 3 amide bonds. The number of benzene rings is 1. The van der Waals surface area contributed by atoms with Crippen molar-refractivity contribution < 1.29 is 23.1 Å². The minimum Gasteiger partial charge on any atom is -0.506 e. The predicted octanol–water partition coefficient (Wildman–Crippen LogP) is 0.470. The molecule has 1 atom stereocenters. The molecule has 0 saturated carbocycles. The Morgan fingerprint density at radius 2 is 2.09 bits per heavy atom. The highest BCUT2D eigenvalue weighted by atomic mass is 35.5. The van der Waals surface area contributed by atoms with Crippen molar-refractivity contribution in [1.29, 1.82) is 0 Å². The molecule has 1 aliphatic rings. The lowest BCUT2D eigenvalue weighted by Gasteiger charge is -2.12. The maximum atomic E-state index is 11.7. The number of halogens is 1. The molecule has 1 aromatic rings. The van der Waals surface area contributed by atoms with E-state index < -0.39 is 27.8 Å². The highest BCUT2D eigenvalue weighted by Crippen LogP contribution is 2.26. The average molecular weight is 362 g/mol. The van der Waals surface area contributed by atoms with Crippen LogP contribution in [0.25, 0.3) is 0 Å². The minimum atomic E-state index is -3.08. The molecule has 2 rings (SSSR count). The van der Waals surface area contributed by atoms with Crippen molar-refractivity contribution in [2.75, 3.05) is 23.4 Å². The number of nitrogens with one attached hydrogen (secondary N) is 3. The first-order valence-electron chi connectivity index (χ1n) is 6.78. The fourth-order valence-electron chi connectivity index (χ4n) is 2.11. The van der Waals surface area contributed by atoms with Gasteiger partial charge in [0.1, 0.15) is 5.75 Å². The van der Waals surface area contributed by atoms with Gasteiger partial charge in [-0.25, -0.2) is 13.2 Å². The van der Waals surface area contributed by atoms with Gasteiger partial charge in [-0.3, -0.25) is 4.79 Å². The highest BCUT2D eigenvalue weighted by molar-refractivity contribution is 7.91. The molecule has 1 fully saturated rings. The first-order chi connectivity index (χ1) is 10.7. The summed E-state index contributed by atoms with van der Waals surface area (Å²) in [4.78, 5) is 23.3. The van der Waals surface area contributed by atoms with Gasteiger partial charge >= 0.3 is 6.03 Å². The third-order valence-electron chi connectivity index (χ3n) is 3.21. The first-order valence-corrected chi connectivity index (χ1v) is 8.98. The van der Waals surface area contributed by atoms with Crippen LogP contribution in [-0.4, -0.2) is 49.6 Å². The van der Waals surface area contributed by atoms with Gasteiger partial charge in [0.05, 0.1) is 23.7 Å². The number of carbonyl (C=O) groups is 2. The van der Waals surface area contributed by atoms with E-state index in [9.17, 15) is 23.1 Å². The fourth-order valence-corrected chi connectivity index (χ4v) is 3.95. The summed E-state index contributed by atoms with van der Waals surface area (Å²) < 4.78 is 22.6. The van der Waals surface area contributed by atoms with E-state index in [4.69, 9.17) is 11.6 Å². The smallest absolute Gasteiger partial charge is 0.315 e. The number of sulfone groups is 1. The molecule has 0 unspecified atom stereocenters. The van der Waals surface area contributed by atoms with Crippen molar-refractivity contribution in [3.05, 3.63) is 23.2 Å². The molecule has 8 nitrogen and oxygen atoms in total. The van der Waals surface area contributed by atoms with E-state index in [0.29, 0.717) is 11.4 Å². The Balaban J connectivity index is 1.78. The van der Waals surface area contributed by atoms with Crippen LogP contribution < -0.4 is 16.0 Å². The summed E-state index contributed by atoms with van der Waals surface area (Å²) in [5.74, 6) is -0.754. The SMILES string of the molecule is O=C(CNC(=O)N[C@@H]1CCS(=O)(=O)C1)Nc1cc(Cl)ccc1O. The third kappa shape index (κ3) is 5.29. The summed E-state index contributed by atoms with van der Waals surface area (Å²) in [6.45, 7) is -0.336. The predicted molar refractivity (Wildman–Crippen MR) is 85.3 cm³/mol. The Bertz CT molecular complexity index is 722. The second kappa shape index (κ2) is 7.05. The average Bonchev–Trinajstić information content (AvgIpc) is 2.79. The Labute approximate surface area is 138 Å². The van der Waals surface area contributed by atoms with Crippen LogP contribution in [-0.2, 0) is 14.6 Å². The van der Waals surface area contributed by atoms with Crippen molar-refractivity contribution in [2.24, 2.45) is 0 Å². The van der Waals surface area contributed by atoms with E-state index in [1.807, 2.05) is 0 Å². The minimum absolute atomic E-state index is 0.0481. The van der Waals surface area contributed by atoms with Gasteiger partial charge in [0.2, 0.25) is 5.91 Å². The van der Waals surface area contributed by atoms with E-state index in [1.54, 1.807) is 0 Å².